The largest absolute Gasteiger partial charge is 0.475 e. The lowest BCUT2D eigenvalue weighted by Gasteiger charge is -2.08. The second-order valence-electron chi connectivity index (χ2n) is 4.06. The van der Waals surface area contributed by atoms with Crippen LogP contribution in [-0.2, 0) is 6.54 Å². The molecule has 0 amide bonds. The Kier molecular flexibility index (Phi) is 4.84. The average Bonchev–Trinajstić information content (AvgIpc) is 2.47. The number of anilines is 1. The second kappa shape index (κ2) is 6.81. The zero-order valence-electron chi connectivity index (χ0n) is 10.6. The number of pyridine rings is 1. The van der Waals surface area contributed by atoms with Gasteiger partial charge in [0.2, 0.25) is 5.88 Å². The van der Waals surface area contributed by atoms with Gasteiger partial charge in [-0.25, -0.2) is 13.8 Å². The van der Waals surface area contributed by atoms with Crippen LogP contribution >= 0.6 is 0 Å². The number of aromatic nitrogens is 1. The molecule has 106 valence electrons. The van der Waals surface area contributed by atoms with Crippen LogP contribution in [0, 0.1) is 11.6 Å². The number of nitrogens with one attached hydrogen (secondary N) is 1. The topological polar surface area (TPSA) is 54.4 Å². The van der Waals surface area contributed by atoms with Gasteiger partial charge < -0.3 is 15.2 Å². The number of hydrogen-bond acceptors (Lipinski definition) is 4. The fourth-order valence-electron chi connectivity index (χ4n) is 1.57. The zero-order chi connectivity index (χ0) is 14.4. The van der Waals surface area contributed by atoms with Crippen molar-refractivity contribution in [2.75, 3.05) is 18.5 Å². The molecule has 0 radical (unpaired) electrons. The fourth-order valence-corrected chi connectivity index (χ4v) is 1.57. The summed E-state index contributed by atoms with van der Waals surface area (Å²) in [5.74, 6) is -1.31. The number of aliphatic hydroxyl groups is 1. The third-order valence-electron chi connectivity index (χ3n) is 2.56. The van der Waals surface area contributed by atoms with E-state index in [1.807, 2.05) is 0 Å². The van der Waals surface area contributed by atoms with E-state index in [2.05, 4.69) is 10.3 Å². The molecule has 4 nitrogen and oxygen atoms in total. The SMILES string of the molecule is OCCOc1ccc(NCc2ccc(F)c(F)c2)cn1. The summed E-state index contributed by atoms with van der Waals surface area (Å²) >= 11 is 0. The second-order valence-corrected chi connectivity index (χ2v) is 4.06. The first kappa shape index (κ1) is 14.2. The number of aliphatic hydroxyl groups excluding tert-OH is 1. The minimum Gasteiger partial charge on any atom is -0.475 e. The van der Waals surface area contributed by atoms with Crippen molar-refractivity contribution in [3.8, 4) is 5.88 Å². The molecule has 0 aliphatic rings. The first-order valence-corrected chi connectivity index (χ1v) is 6.06. The molecule has 0 atom stereocenters. The Morgan fingerprint density at radius 1 is 1.15 bits per heavy atom. The number of rotatable bonds is 6. The van der Waals surface area contributed by atoms with E-state index >= 15 is 0 Å². The molecule has 0 unspecified atom stereocenters. The van der Waals surface area contributed by atoms with E-state index < -0.39 is 11.6 Å². The maximum atomic E-state index is 13.0. The van der Waals surface area contributed by atoms with Crippen LogP contribution in [0.2, 0.25) is 0 Å². The van der Waals surface area contributed by atoms with Crippen LogP contribution in [0.15, 0.2) is 36.5 Å². The van der Waals surface area contributed by atoms with Crippen LogP contribution in [0.4, 0.5) is 14.5 Å². The summed E-state index contributed by atoms with van der Waals surface area (Å²) in [6.07, 6.45) is 1.56. The van der Waals surface area contributed by atoms with Crippen LogP contribution in [-0.4, -0.2) is 23.3 Å². The van der Waals surface area contributed by atoms with Gasteiger partial charge >= 0.3 is 0 Å². The molecule has 6 heteroatoms. The van der Waals surface area contributed by atoms with E-state index in [0.29, 0.717) is 18.0 Å². The summed E-state index contributed by atoms with van der Waals surface area (Å²) in [5, 5.41) is 11.6. The Bertz CT molecular complexity index is 562. The number of nitrogens with zero attached hydrogens (tertiary/aromatic N) is 1. The third-order valence-corrected chi connectivity index (χ3v) is 2.56. The average molecular weight is 280 g/mol. The highest BCUT2D eigenvalue weighted by molar-refractivity contribution is 5.42. The van der Waals surface area contributed by atoms with E-state index in [4.69, 9.17) is 9.84 Å². The summed E-state index contributed by atoms with van der Waals surface area (Å²) in [6, 6.07) is 7.16. The van der Waals surface area contributed by atoms with E-state index in [-0.39, 0.29) is 13.2 Å². The van der Waals surface area contributed by atoms with Gasteiger partial charge in [0.25, 0.3) is 0 Å². The molecule has 1 aromatic heterocycles. The van der Waals surface area contributed by atoms with Crippen LogP contribution in [0.3, 0.4) is 0 Å². The highest BCUT2D eigenvalue weighted by atomic mass is 19.2. The molecule has 2 rings (SSSR count). The maximum absolute atomic E-state index is 13.0. The van der Waals surface area contributed by atoms with E-state index in [9.17, 15) is 8.78 Å². The Balaban J connectivity index is 1.91. The predicted octanol–water partition coefficient (Wildman–Crippen LogP) is 2.34. The molecular weight excluding hydrogens is 266 g/mol. The van der Waals surface area contributed by atoms with Gasteiger partial charge in [-0.2, -0.15) is 0 Å². The van der Waals surface area contributed by atoms with Crippen molar-refractivity contribution in [1.29, 1.82) is 0 Å². The van der Waals surface area contributed by atoms with Gasteiger partial charge in [-0.1, -0.05) is 6.07 Å². The van der Waals surface area contributed by atoms with E-state index in [1.54, 1.807) is 18.3 Å². The highest BCUT2D eigenvalue weighted by Crippen LogP contribution is 2.14. The molecule has 0 aliphatic carbocycles. The fraction of sp³-hybridized carbons (Fsp3) is 0.214. The molecule has 0 saturated carbocycles. The Labute approximate surface area is 115 Å². The highest BCUT2D eigenvalue weighted by Gasteiger charge is 2.02. The standard InChI is InChI=1S/C14H14F2N2O2/c15-12-3-1-10(7-13(12)16)8-17-11-2-4-14(18-9-11)20-6-5-19/h1-4,7,9,17,19H,5-6,8H2. The summed E-state index contributed by atoms with van der Waals surface area (Å²) in [7, 11) is 0. The molecule has 0 saturated heterocycles. The van der Waals surface area contributed by atoms with Gasteiger partial charge in [-0.15, -0.1) is 0 Å². The third kappa shape index (κ3) is 3.89. The lowest BCUT2D eigenvalue weighted by Crippen LogP contribution is -2.04. The van der Waals surface area contributed by atoms with Crippen molar-refractivity contribution in [3.63, 3.8) is 0 Å². The maximum Gasteiger partial charge on any atom is 0.213 e. The lowest BCUT2D eigenvalue weighted by atomic mass is 10.2. The van der Waals surface area contributed by atoms with E-state index in [1.165, 1.54) is 6.07 Å². The van der Waals surface area contributed by atoms with Crippen molar-refractivity contribution in [2.24, 2.45) is 0 Å². The first-order chi connectivity index (χ1) is 9.69. The van der Waals surface area contributed by atoms with Gasteiger partial charge in [0.05, 0.1) is 18.5 Å². The molecular formula is C14H14F2N2O2. The molecule has 0 aliphatic heterocycles. The molecule has 2 N–H and O–H groups in total. The minimum atomic E-state index is -0.866. The normalized spacial score (nSPS) is 10.3. The number of ether oxygens (including phenoxy) is 1. The van der Waals surface area contributed by atoms with Crippen molar-refractivity contribution in [2.45, 2.75) is 6.54 Å². The number of benzene rings is 1. The van der Waals surface area contributed by atoms with Crippen molar-refractivity contribution in [1.82, 2.24) is 4.98 Å². The lowest BCUT2D eigenvalue weighted by molar-refractivity contribution is 0.196. The summed E-state index contributed by atoms with van der Waals surface area (Å²) in [5.41, 5.74) is 1.36. The van der Waals surface area contributed by atoms with Crippen molar-refractivity contribution >= 4 is 5.69 Å². The van der Waals surface area contributed by atoms with Crippen LogP contribution in [0.1, 0.15) is 5.56 Å². The Morgan fingerprint density at radius 3 is 2.65 bits per heavy atom. The number of halogens is 2. The molecule has 0 spiro atoms. The summed E-state index contributed by atoms with van der Waals surface area (Å²) in [6.45, 7) is 0.474. The summed E-state index contributed by atoms with van der Waals surface area (Å²) < 4.78 is 30.9. The van der Waals surface area contributed by atoms with Crippen LogP contribution in [0.25, 0.3) is 0 Å². The molecule has 2 aromatic rings. The molecule has 0 bridgehead atoms. The van der Waals surface area contributed by atoms with Crippen molar-refractivity contribution < 1.29 is 18.6 Å². The van der Waals surface area contributed by atoms with Crippen LogP contribution in [0.5, 0.6) is 5.88 Å². The van der Waals surface area contributed by atoms with Gasteiger partial charge in [0.1, 0.15) is 6.61 Å². The van der Waals surface area contributed by atoms with Gasteiger partial charge in [0.15, 0.2) is 11.6 Å². The quantitative estimate of drug-likeness (QED) is 0.853. The summed E-state index contributed by atoms with van der Waals surface area (Å²) in [4.78, 5) is 4.03. The Morgan fingerprint density at radius 2 is 2.00 bits per heavy atom. The zero-order valence-corrected chi connectivity index (χ0v) is 10.6. The molecule has 20 heavy (non-hydrogen) atoms. The molecule has 1 aromatic carbocycles. The molecule has 1 heterocycles. The van der Waals surface area contributed by atoms with Crippen LogP contribution < -0.4 is 10.1 Å². The minimum absolute atomic E-state index is 0.0716. The predicted molar refractivity (Wildman–Crippen MR) is 70.5 cm³/mol. The Hall–Kier alpha value is -2.21. The van der Waals surface area contributed by atoms with Gasteiger partial charge in [-0.3, -0.25) is 0 Å². The monoisotopic (exact) mass is 280 g/mol. The molecule has 0 fully saturated rings. The number of hydrogen-bond donors (Lipinski definition) is 2. The first-order valence-electron chi connectivity index (χ1n) is 6.06. The van der Waals surface area contributed by atoms with Gasteiger partial charge in [-0.05, 0) is 23.8 Å². The van der Waals surface area contributed by atoms with Gasteiger partial charge in [0, 0.05) is 12.6 Å². The van der Waals surface area contributed by atoms with E-state index in [0.717, 1.165) is 17.8 Å². The smallest absolute Gasteiger partial charge is 0.213 e. The van der Waals surface area contributed by atoms with Crippen molar-refractivity contribution in [3.05, 3.63) is 53.7 Å².